The summed E-state index contributed by atoms with van der Waals surface area (Å²) >= 11 is 0. The van der Waals surface area contributed by atoms with Gasteiger partial charge in [0, 0.05) is 52.6 Å². The summed E-state index contributed by atoms with van der Waals surface area (Å²) in [6, 6.07) is 4.23. The zero-order chi connectivity index (χ0) is 17.9. The molecule has 1 aliphatic heterocycles. The Morgan fingerprint density at radius 3 is 2.77 bits per heavy atom. The van der Waals surface area contributed by atoms with Gasteiger partial charge in [-0.25, -0.2) is 4.98 Å². The van der Waals surface area contributed by atoms with E-state index in [1.54, 1.807) is 7.05 Å². The van der Waals surface area contributed by atoms with E-state index in [-0.39, 0.29) is 24.0 Å². The molecule has 6 nitrogen and oxygen atoms in total. The Hall–Kier alpha value is -1.09. The molecule has 148 valence electrons. The summed E-state index contributed by atoms with van der Waals surface area (Å²) in [4.78, 5) is 11.1. The standard InChI is InChI=1S/C19H33N5O.HI/c1-16(2)15-25-12-6-8-22-19(20-3)23-14-17-7-9-21-18(13-17)24-10-4-5-11-24;/h7,9,13,16H,4-6,8,10-12,14-15H2,1-3H3,(H2,20,22,23);1H. The van der Waals surface area contributed by atoms with Gasteiger partial charge in [0.05, 0.1) is 0 Å². The van der Waals surface area contributed by atoms with Gasteiger partial charge < -0.3 is 20.3 Å². The van der Waals surface area contributed by atoms with E-state index >= 15 is 0 Å². The summed E-state index contributed by atoms with van der Waals surface area (Å²) in [5.41, 5.74) is 1.22. The van der Waals surface area contributed by atoms with Crippen molar-refractivity contribution in [2.24, 2.45) is 10.9 Å². The lowest BCUT2D eigenvalue weighted by Gasteiger charge is -2.17. The van der Waals surface area contributed by atoms with Crippen LogP contribution in [0.25, 0.3) is 0 Å². The second-order valence-electron chi connectivity index (χ2n) is 6.89. The molecule has 0 atom stereocenters. The Labute approximate surface area is 175 Å². The van der Waals surface area contributed by atoms with Gasteiger partial charge >= 0.3 is 0 Å². The fraction of sp³-hybridized carbons (Fsp3) is 0.684. The van der Waals surface area contributed by atoms with Gasteiger partial charge in [-0.3, -0.25) is 4.99 Å². The molecule has 0 aliphatic carbocycles. The van der Waals surface area contributed by atoms with E-state index in [0.29, 0.717) is 5.92 Å². The van der Waals surface area contributed by atoms with Crippen molar-refractivity contribution in [3.63, 3.8) is 0 Å². The number of halogens is 1. The van der Waals surface area contributed by atoms with Crippen LogP contribution in [0.2, 0.25) is 0 Å². The van der Waals surface area contributed by atoms with Gasteiger partial charge in [0.15, 0.2) is 5.96 Å². The molecular weight excluding hydrogens is 441 g/mol. The van der Waals surface area contributed by atoms with Gasteiger partial charge in [-0.1, -0.05) is 13.8 Å². The number of aliphatic imine (C=N–C) groups is 1. The topological polar surface area (TPSA) is 61.8 Å². The summed E-state index contributed by atoms with van der Waals surface area (Å²) in [5.74, 6) is 2.50. The zero-order valence-electron chi connectivity index (χ0n) is 16.3. The number of rotatable bonds is 9. The second-order valence-corrected chi connectivity index (χ2v) is 6.89. The first-order chi connectivity index (χ1) is 12.2. The quantitative estimate of drug-likeness (QED) is 0.249. The average molecular weight is 475 g/mol. The monoisotopic (exact) mass is 475 g/mol. The lowest BCUT2D eigenvalue weighted by atomic mass is 10.2. The van der Waals surface area contributed by atoms with Gasteiger partial charge in [0.2, 0.25) is 0 Å². The van der Waals surface area contributed by atoms with Crippen molar-refractivity contribution >= 4 is 35.8 Å². The van der Waals surface area contributed by atoms with Crippen molar-refractivity contribution in [3.8, 4) is 0 Å². The van der Waals surface area contributed by atoms with Crippen LogP contribution in [0.5, 0.6) is 0 Å². The molecule has 1 fully saturated rings. The van der Waals surface area contributed by atoms with Crippen LogP contribution in [-0.4, -0.2) is 50.8 Å². The van der Waals surface area contributed by atoms with E-state index in [0.717, 1.165) is 57.6 Å². The van der Waals surface area contributed by atoms with Crippen molar-refractivity contribution in [2.75, 3.05) is 44.8 Å². The van der Waals surface area contributed by atoms with Crippen LogP contribution < -0.4 is 15.5 Å². The molecule has 0 saturated carbocycles. The third-order valence-electron chi connectivity index (χ3n) is 4.13. The predicted octanol–water partition coefficient (Wildman–Crippen LogP) is 3.03. The van der Waals surface area contributed by atoms with Crippen LogP contribution >= 0.6 is 24.0 Å². The SMILES string of the molecule is CN=C(NCCCOCC(C)C)NCc1ccnc(N2CCCC2)c1.I. The van der Waals surface area contributed by atoms with Crippen LogP contribution in [0.15, 0.2) is 23.3 Å². The minimum Gasteiger partial charge on any atom is -0.381 e. The highest BCUT2D eigenvalue weighted by Crippen LogP contribution is 2.18. The van der Waals surface area contributed by atoms with E-state index in [2.05, 4.69) is 51.5 Å². The van der Waals surface area contributed by atoms with Gasteiger partial charge in [0.25, 0.3) is 0 Å². The van der Waals surface area contributed by atoms with Crippen molar-refractivity contribution in [1.82, 2.24) is 15.6 Å². The zero-order valence-corrected chi connectivity index (χ0v) is 18.7. The van der Waals surface area contributed by atoms with Crippen molar-refractivity contribution in [3.05, 3.63) is 23.9 Å². The van der Waals surface area contributed by atoms with Crippen LogP contribution in [-0.2, 0) is 11.3 Å². The summed E-state index contributed by atoms with van der Waals surface area (Å²) in [6.07, 6.45) is 5.40. The second kappa shape index (κ2) is 13.1. The predicted molar refractivity (Wildman–Crippen MR) is 120 cm³/mol. The molecule has 0 spiro atoms. The summed E-state index contributed by atoms with van der Waals surface area (Å²) in [6.45, 7) is 9.77. The molecule has 2 heterocycles. The summed E-state index contributed by atoms with van der Waals surface area (Å²) in [5, 5.41) is 6.69. The fourth-order valence-corrected chi connectivity index (χ4v) is 2.80. The highest BCUT2D eigenvalue weighted by Gasteiger charge is 2.13. The minimum atomic E-state index is 0. The molecule has 0 amide bonds. The van der Waals surface area contributed by atoms with Crippen LogP contribution in [0.4, 0.5) is 5.82 Å². The van der Waals surface area contributed by atoms with Crippen LogP contribution in [0.3, 0.4) is 0 Å². The minimum absolute atomic E-state index is 0. The number of anilines is 1. The third-order valence-corrected chi connectivity index (χ3v) is 4.13. The molecule has 0 radical (unpaired) electrons. The Kier molecular flexibility index (Phi) is 11.6. The molecule has 0 aromatic carbocycles. The largest absolute Gasteiger partial charge is 0.381 e. The maximum Gasteiger partial charge on any atom is 0.191 e. The number of pyridine rings is 1. The van der Waals surface area contributed by atoms with Crippen molar-refractivity contribution < 1.29 is 4.74 Å². The van der Waals surface area contributed by atoms with Crippen molar-refractivity contribution in [1.29, 1.82) is 0 Å². The number of hydrogen-bond donors (Lipinski definition) is 2. The van der Waals surface area contributed by atoms with Gasteiger partial charge in [-0.05, 0) is 42.9 Å². The van der Waals surface area contributed by atoms with Crippen molar-refractivity contribution in [2.45, 2.75) is 39.7 Å². The lowest BCUT2D eigenvalue weighted by molar-refractivity contribution is 0.108. The van der Waals surface area contributed by atoms with E-state index in [9.17, 15) is 0 Å². The molecular formula is C19H34IN5O. The molecule has 1 aromatic heterocycles. The third kappa shape index (κ3) is 8.53. The van der Waals surface area contributed by atoms with E-state index in [1.165, 1.54) is 18.4 Å². The molecule has 7 heteroatoms. The van der Waals surface area contributed by atoms with Gasteiger partial charge in [-0.2, -0.15) is 0 Å². The first-order valence-electron chi connectivity index (χ1n) is 9.41. The highest BCUT2D eigenvalue weighted by molar-refractivity contribution is 14.0. The first kappa shape index (κ1) is 23.0. The van der Waals surface area contributed by atoms with E-state index < -0.39 is 0 Å². The van der Waals surface area contributed by atoms with Gasteiger partial charge in [-0.15, -0.1) is 24.0 Å². The van der Waals surface area contributed by atoms with Gasteiger partial charge in [0.1, 0.15) is 5.82 Å². The molecule has 1 aliphatic rings. The number of aromatic nitrogens is 1. The number of hydrogen-bond acceptors (Lipinski definition) is 4. The number of ether oxygens (including phenoxy) is 1. The number of nitrogens with zero attached hydrogens (tertiary/aromatic N) is 3. The molecule has 1 aromatic rings. The maximum atomic E-state index is 5.59. The molecule has 26 heavy (non-hydrogen) atoms. The van der Waals surface area contributed by atoms with Crippen LogP contribution in [0, 0.1) is 5.92 Å². The summed E-state index contributed by atoms with van der Waals surface area (Å²) in [7, 11) is 1.80. The smallest absolute Gasteiger partial charge is 0.191 e. The first-order valence-corrected chi connectivity index (χ1v) is 9.41. The highest BCUT2D eigenvalue weighted by atomic mass is 127. The van der Waals surface area contributed by atoms with E-state index in [4.69, 9.17) is 4.74 Å². The molecule has 0 bridgehead atoms. The van der Waals surface area contributed by atoms with Crippen LogP contribution in [0.1, 0.15) is 38.7 Å². The maximum absolute atomic E-state index is 5.59. The Morgan fingerprint density at radius 2 is 2.08 bits per heavy atom. The molecule has 2 rings (SSSR count). The average Bonchev–Trinajstić information content (AvgIpc) is 3.15. The Morgan fingerprint density at radius 1 is 1.31 bits per heavy atom. The Bertz CT molecular complexity index is 532. The van der Waals surface area contributed by atoms with E-state index in [1.807, 2.05) is 6.20 Å². The fourth-order valence-electron chi connectivity index (χ4n) is 2.80. The number of guanidine groups is 1. The molecule has 2 N–H and O–H groups in total. The molecule has 0 unspecified atom stereocenters. The normalized spacial score (nSPS) is 14.5. The number of nitrogens with one attached hydrogen (secondary N) is 2. The lowest BCUT2D eigenvalue weighted by Crippen LogP contribution is -2.37. The Balaban J connectivity index is 0.00000338. The molecule has 1 saturated heterocycles. The summed E-state index contributed by atoms with van der Waals surface area (Å²) < 4.78 is 5.59.